The van der Waals surface area contributed by atoms with Gasteiger partial charge < -0.3 is 10.4 Å². The molecule has 0 amide bonds. The van der Waals surface area contributed by atoms with Crippen molar-refractivity contribution in [2.75, 3.05) is 6.61 Å². The monoisotopic (exact) mass is 250 g/mol. The Kier molecular flexibility index (Phi) is 3.35. The SMILES string of the molecule is OCC1(NC2CC2)CCCC1CCn1cncn1. The normalized spacial score (nSPS) is 31.9. The van der Waals surface area contributed by atoms with Gasteiger partial charge in [-0.2, -0.15) is 5.10 Å². The molecule has 2 aliphatic rings. The molecule has 5 nitrogen and oxygen atoms in total. The van der Waals surface area contributed by atoms with Crippen molar-refractivity contribution in [3.8, 4) is 0 Å². The van der Waals surface area contributed by atoms with E-state index < -0.39 is 0 Å². The molecule has 5 heteroatoms. The zero-order valence-electron chi connectivity index (χ0n) is 10.8. The number of aromatic nitrogens is 3. The number of aryl methyl sites for hydroxylation is 1. The maximum absolute atomic E-state index is 9.82. The predicted molar refractivity (Wildman–Crippen MR) is 68.0 cm³/mol. The Balaban J connectivity index is 1.61. The van der Waals surface area contributed by atoms with Crippen LogP contribution in [-0.4, -0.2) is 38.1 Å². The van der Waals surface area contributed by atoms with Crippen LogP contribution in [0.1, 0.15) is 38.5 Å². The lowest BCUT2D eigenvalue weighted by atomic mass is 9.85. The lowest BCUT2D eigenvalue weighted by Crippen LogP contribution is -2.52. The fourth-order valence-corrected chi connectivity index (χ4v) is 3.28. The molecule has 0 aliphatic heterocycles. The summed E-state index contributed by atoms with van der Waals surface area (Å²) in [4.78, 5) is 3.97. The lowest BCUT2D eigenvalue weighted by Gasteiger charge is -2.35. The number of aliphatic hydroxyl groups excluding tert-OH is 1. The van der Waals surface area contributed by atoms with Gasteiger partial charge in [0.1, 0.15) is 12.7 Å². The number of rotatable bonds is 6. The summed E-state index contributed by atoms with van der Waals surface area (Å²) in [7, 11) is 0. The van der Waals surface area contributed by atoms with Gasteiger partial charge in [0.15, 0.2) is 0 Å². The third-order valence-corrected chi connectivity index (χ3v) is 4.48. The zero-order valence-corrected chi connectivity index (χ0v) is 10.8. The van der Waals surface area contributed by atoms with Crippen LogP contribution in [0.4, 0.5) is 0 Å². The van der Waals surface area contributed by atoms with Crippen molar-refractivity contribution in [1.29, 1.82) is 0 Å². The maximum Gasteiger partial charge on any atom is 0.137 e. The number of hydrogen-bond donors (Lipinski definition) is 2. The number of hydrogen-bond acceptors (Lipinski definition) is 4. The fraction of sp³-hybridized carbons (Fsp3) is 0.846. The largest absolute Gasteiger partial charge is 0.394 e. The molecule has 0 bridgehead atoms. The van der Waals surface area contributed by atoms with Crippen LogP contribution in [0.5, 0.6) is 0 Å². The highest BCUT2D eigenvalue weighted by Gasteiger charge is 2.44. The second-order valence-corrected chi connectivity index (χ2v) is 5.77. The van der Waals surface area contributed by atoms with Crippen LogP contribution in [0, 0.1) is 5.92 Å². The molecule has 0 spiro atoms. The average molecular weight is 250 g/mol. The Morgan fingerprint density at radius 3 is 2.94 bits per heavy atom. The summed E-state index contributed by atoms with van der Waals surface area (Å²) in [5, 5.41) is 17.7. The summed E-state index contributed by atoms with van der Waals surface area (Å²) in [6.45, 7) is 1.17. The van der Waals surface area contributed by atoms with E-state index in [1.54, 1.807) is 12.7 Å². The Labute approximate surface area is 108 Å². The molecule has 0 aromatic carbocycles. The Morgan fingerprint density at radius 2 is 2.28 bits per heavy atom. The first-order valence-electron chi connectivity index (χ1n) is 7.03. The molecule has 1 heterocycles. The highest BCUT2D eigenvalue weighted by molar-refractivity contribution is 5.02. The molecule has 1 aromatic heterocycles. The zero-order chi connectivity index (χ0) is 12.4. The smallest absolute Gasteiger partial charge is 0.137 e. The van der Waals surface area contributed by atoms with Crippen LogP contribution >= 0.6 is 0 Å². The number of nitrogens with zero attached hydrogens (tertiary/aromatic N) is 3. The van der Waals surface area contributed by atoms with Crippen LogP contribution in [0.2, 0.25) is 0 Å². The van der Waals surface area contributed by atoms with E-state index in [4.69, 9.17) is 0 Å². The number of nitrogens with one attached hydrogen (secondary N) is 1. The van der Waals surface area contributed by atoms with Crippen LogP contribution < -0.4 is 5.32 Å². The van der Waals surface area contributed by atoms with E-state index in [1.165, 1.54) is 25.7 Å². The average Bonchev–Trinajstić information content (AvgIpc) is 2.91. The van der Waals surface area contributed by atoms with E-state index in [0.29, 0.717) is 12.0 Å². The van der Waals surface area contributed by atoms with Gasteiger partial charge >= 0.3 is 0 Å². The van der Waals surface area contributed by atoms with Crippen molar-refractivity contribution in [2.24, 2.45) is 5.92 Å². The summed E-state index contributed by atoms with van der Waals surface area (Å²) >= 11 is 0. The van der Waals surface area contributed by atoms with Crippen LogP contribution in [0.25, 0.3) is 0 Å². The Morgan fingerprint density at radius 1 is 1.39 bits per heavy atom. The highest BCUT2D eigenvalue weighted by Crippen LogP contribution is 2.40. The first-order valence-corrected chi connectivity index (χ1v) is 7.03. The summed E-state index contributed by atoms with van der Waals surface area (Å²) in [6.07, 6.45) is 10.5. The van der Waals surface area contributed by atoms with Gasteiger partial charge in [0.2, 0.25) is 0 Å². The predicted octanol–water partition coefficient (Wildman–Crippen LogP) is 0.951. The second kappa shape index (κ2) is 4.97. The number of aliphatic hydroxyl groups is 1. The first-order chi connectivity index (χ1) is 8.82. The minimum Gasteiger partial charge on any atom is -0.394 e. The van der Waals surface area contributed by atoms with Gasteiger partial charge in [0, 0.05) is 18.1 Å². The standard InChI is InChI=1S/C13H22N4O/c18-8-13(16-12-3-4-12)6-1-2-11(13)5-7-17-10-14-9-15-17/h9-12,16,18H,1-8H2. The summed E-state index contributed by atoms with van der Waals surface area (Å²) in [5.41, 5.74) is -0.0260. The summed E-state index contributed by atoms with van der Waals surface area (Å²) in [5.74, 6) is 0.562. The molecular formula is C13H22N4O. The summed E-state index contributed by atoms with van der Waals surface area (Å²) < 4.78 is 1.89. The van der Waals surface area contributed by atoms with Gasteiger partial charge in [-0.3, -0.25) is 4.68 Å². The van der Waals surface area contributed by atoms with Crippen molar-refractivity contribution < 1.29 is 5.11 Å². The molecule has 1 aromatic rings. The van der Waals surface area contributed by atoms with Crippen molar-refractivity contribution >= 4 is 0 Å². The van der Waals surface area contributed by atoms with Gasteiger partial charge in [0.25, 0.3) is 0 Å². The molecular weight excluding hydrogens is 228 g/mol. The van der Waals surface area contributed by atoms with E-state index in [1.807, 2.05) is 4.68 Å². The van der Waals surface area contributed by atoms with E-state index >= 15 is 0 Å². The van der Waals surface area contributed by atoms with E-state index in [0.717, 1.165) is 19.4 Å². The minimum atomic E-state index is -0.0260. The molecule has 18 heavy (non-hydrogen) atoms. The summed E-state index contributed by atoms with van der Waals surface area (Å²) in [6, 6.07) is 0.657. The van der Waals surface area contributed by atoms with Crippen LogP contribution in [0.15, 0.2) is 12.7 Å². The first kappa shape index (κ1) is 12.1. The Bertz CT molecular complexity index is 376. The van der Waals surface area contributed by atoms with Gasteiger partial charge in [-0.1, -0.05) is 6.42 Å². The topological polar surface area (TPSA) is 63.0 Å². The van der Waals surface area contributed by atoms with Crippen LogP contribution in [-0.2, 0) is 6.54 Å². The molecule has 2 aliphatic carbocycles. The van der Waals surface area contributed by atoms with E-state index in [9.17, 15) is 5.11 Å². The van der Waals surface area contributed by atoms with Gasteiger partial charge in [-0.25, -0.2) is 4.98 Å². The molecule has 2 fully saturated rings. The molecule has 0 saturated heterocycles. The van der Waals surface area contributed by atoms with Crippen molar-refractivity contribution in [1.82, 2.24) is 20.1 Å². The lowest BCUT2D eigenvalue weighted by molar-refractivity contribution is 0.114. The minimum absolute atomic E-state index is 0.0260. The molecule has 2 N–H and O–H groups in total. The highest BCUT2D eigenvalue weighted by atomic mass is 16.3. The van der Waals surface area contributed by atoms with Crippen molar-refractivity contribution in [2.45, 2.75) is 56.7 Å². The van der Waals surface area contributed by atoms with Crippen LogP contribution in [0.3, 0.4) is 0 Å². The third-order valence-electron chi connectivity index (χ3n) is 4.48. The molecule has 2 unspecified atom stereocenters. The van der Waals surface area contributed by atoms with Gasteiger partial charge in [-0.05, 0) is 38.0 Å². The molecule has 2 saturated carbocycles. The molecule has 3 rings (SSSR count). The van der Waals surface area contributed by atoms with E-state index in [2.05, 4.69) is 15.4 Å². The van der Waals surface area contributed by atoms with E-state index in [-0.39, 0.29) is 12.1 Å². The van der Waals surface area contributed by atoms with Crippen molar-refractivity contribution in [3.05, 3.63) is 12.7 Å². The molecule has 0 radical (unpaired) electrons. The third kappa shape index (κ3) is 2.42. The van der Waals surface area contributed by atoms with Crippen molar-refractivity contribution in [3.63, 3.8) is 0 Å². The molecule has 100 valence electrons. The fourth-order valence-electron chi connectivity index (χ4n) is 3.28. The Hall–Kier alpha value is -0.940. The van der Waals surface area contributed by atoms with Gasteiger partial charge in [-0.15, -0.1) is 0 Å². The molecule has 2 atom stereocenters. The quantitative estimate of drug-likeness (QED) is 0.789. The van der Waals surface area contributed by atoms with Gasteiger partial charge in [0.05, 0.1) is 6.61 Å². The second-order valence-electron chi connectivity index (χ2n) is 5.77. The maximum atomic E-state index is 9.82.